The molecule has 0 aromatic rings. The molecule has 0 aliphatic rings. The summed E-state index contributed by atoms with van der Waals surface area (Å²) >= 11 is 0. The molecular formula is C36H75NO2. The Bertz CT molecular complexity index is 408. The lowest BCUT2D eigenvalue weighted by Crippen LogP contribution is -2.42. The van der Waals surface area contributed by atoms with E-state index in [-0.39, 0.29) is 0 Å². The molecule has 0 aromatic carbocycles. The molecule has 0 heterocycles. The summed E-state index contributed by atoms with van der Waals surface area (Å²) in [5.74, 6) is -0.484. The van der Waals surface area contributed by atoms with Gasteiger partial charge < -0.3 is 14.8 Å². The highest BCUT2D eigenvalue weighted by Crippen LogP contribution is 2.17. The van der Waals surface area contributed by atoms with Crippen LogP contribution in [0.4, 0.5) is 0 Å². The van der Waals surface area contributed by atoms with Gasteiger partial charge in [0.05, 0.1) is 13.2 Å². The fraction of sp³-hybridized carbons (Fsp3) is 1.00. The number of unbranched alkanes of at least 4 members (excludes halogenated alkanes) is 26. The van der Waals surface area contributed by atoms with Crippen LogP contribution in [0.25, 0.3) is 0 Å². The van der Waals surface area contributed by atoms with E-state index < -0.39 is 5.79 Å². The van der Waals surface area contributed by atoms with Gasteiger partial charge in [0.2, 0.25) is 0 Å². The lowest BCUT2D eigenvalue weighted by atomic mass is 10.0. The number of hydrogen-bond acceptors (Lipinski definition) is 3. The number of nitrogens with one attached hydrogen (secondary N) is 1. The van der Waals surface area contributed by atoms with E-state index >= 15 is 0 Å². The summed E-state index contributed by atoms with van der Waals surface area (Å²) in [5.41, 5.74) is 0. The quantitative estimate of drug-likeness (QED) is 0.0635. The highest BCUT2D eigenvalue weighted by atomic mass is 16.7. The van der Waals surface area contributed by atoms with Gasteiger partial charge in [-0.3, -0.25) is 0 Å². The first-order valence-electron chi connectivity index (χ1n) is 18.1. The van der Waals surface area contributed by atoms with E-state index in [1.807, 2.05) is 7.05 Å². The molecule has 0 fully saturated rings. The molecule has 236 valence electrons. The molecule has 0 aliphatic carbocycles. The van der Waals surface area contributed by atoms with Crippen LogP contribution in [0.1, 0.15) is 201 Å². The van der Waals surface area contributed by atoms with E-state index in [4.69, 9.17) is 9.47 Å². The number of rotatable bonds is 34. The van der Waals surface area contributed by atoms with Crippen LogP contribution in [0.15, 0.2) is 0 Å². The van der Waals surface area contributed by atoms with Gasteiger partial charge in [0.25, 0.3) is 0 Å². The third-order valence-corrected chi connectivity index (χ3v) is 8.31. The second kappa shape index (κ2) is 32.4. The standard InChI is InChI=1S/C36H75NO2/c1-5-7-9-11-13-15-17-19-21-23-25-27-29-31-33-38-36(3,35-37-4)39-34-32-30-28-26-24-22-20-18-16-14-12-10-8-6-2/h37H,5-35H2,1-4H3. The van der Waals surface area contributed by atoms with Gasteiger partial charge in [-0.1, -0.05) is 181 Å². The van der Waals surface area contributed by atoms with Gasteiger partial charge in [0.15, 0.2) is 5.79 Å². The van der Waals surface area contributed by atoms with Crippen LogP contribution in [-0.4, -0.2) is 32.6 Å². The fourth-order valence-corrected chi connectivity index (χ4v) is 5.63. The average molecular weight is 554 g/mol. The molecule has 0 rings (SSSR count). The number of likely N-dealkylation sites (N-methyl/N-ethyl adjacent to an activating group) is 1. The van der Waals surface area contributed by atoms with Crippen LogP contribution >= 0.6 is 0 Å². The minimum atomic E-state index is -0.484. The Morgan fingerprint density at radius 1 is 0.385 bits per heavy atom. The highest BCUT2D eigenvalue weighted by Gasteiger charge is 2.24. The lowest BCUT2D eigenvalue weighted by Gasteiger charge is -2.30. The zero-order valence-electron chi connectivity index (χ0n) is 27.7. The Hall–Kier alpha value is -0.120. The first-order valence-corrected chi connectivity index (χ1v) is 18.1. The Morgan fingerprint density at radius 3 is 0.846 bits per heavy atom. The topological polar surface area (TPSA) is 30.5 Å². The van der Waals surface area contributed by atoms with Crippen LogP contribution in [0.5, 0.6) is 0 Å². The predicted molar refractivity (Wildman–Crippen MR) is 175 cm³/mol. The van der Waals surface area contributed by atoms with Gasteiger partial charge in [-0.2, -0.15) is 0 Å². The van der Waals surface area contributed by atoms with E-state index in [0.29, 0.717) is 0 Å². The molecule has 1 N–H and O–H groups in total. The van der Waals surface area contributed by atoms with Crippen molar-refractivity contribution >= 4 is 0 Å². The molecule has 39 heavy (non-hydrogen) atoms. The number of ether oxygens (including phenoxy) is 2. The van der Waals surface area contributed by atoms with Crippen molar-refractivity contribution in [3.05, 3.63) is 0 Å². The summed E-state index contributed by atoms with van der Waals surface area (Å²) in [6, 6.07) is 0. The molecule has 0 saturated carbocycles. The van der Waals surface area contributed by atoms with Crippen molar-refractivity contribution < 1.29 is 9.47 Å². The normalized spacial score (nSPS) is 12.0. The third-order valence-electron chi connectivity index (χ3n) is 8.31. The van der Waals surface area contributed by atoms with Crippen LogP contribution in [-0.2, 0) is 9.47 Å². The maximum Gasteiger partial charge on any atom is 0.177 e. The van der Waals surface area contributed by atoms with Crippen molar-refractivity contribution in [1.29, 1.82) is 0 Å². The highest BCUT2D eigenvalue weighted by molar-refractivity contribution is 4.66. The second-order valence-electron chi connectivity index (χ2n) is 12.6. The van der Waals surface area contributed by atoms with Crippen LogP contribution in [0.3, 0.4) is 0 Å². The first-order chi connectivity index (χ1) is 19.2. The van der Waals surface area contributed by atoms with Crippen molar-refractivity contribution in [2.45, 2.75) is 206 Å². The van der Waals surface area contributed by atoms with E-state index in [0.717, 1.165) is 32.6 Å². The Morgan fingerprint density at radius 2 is 0.615 bits per heavy atom. The Labute approximate surface area is 247 Å². The molecule has 0 saturated heterocycles. The second-order valence-corrected chi connectivity index (χ2v) is 12.6. The molecule has 0 amide bonds. The molecule has 0 bridgehead atoms. The van der Waals surface area contributed by atoms with Crippen LogP contribution in [0, 0.1) is 0 Å². The molecule has 0 aliphatic heterocycles. The van der Waals surface area contributed by atoms with Crippen molar-refractivity contribution in [2.75, 3.05) is 26.8 Å². The van der Waals surface area contributed by atoms with E-state index in [1.165, 1.54) is 167 Å². The van der Waals surface area contributed by atoms with Crippen LogP contribution in [0.2, 0.25) is 0 Å². The van der Waals surface area contributed by atoms with Gasteiger partial charge >= 0.3 is 0 Å². The Kier molecular flexibility index (Phi) is 32.3. The summed E-state index contributed by atoms with van der Waals surface area (Å²) in [5, 5.41) is 3.26. The zero-order chi connectivity index (χ0) is 28.5. The summed E-state index contributed by atoms with van der Waals surface area (Å²) in [6.07, 6.45) is 39.0. The molecule has 0 aromatic heterocycles. The summed E-state index contributed by atoms with van der Waals surface area (Å²) < 4.78 is 12.4. The predicted octanol–water partition coefficient (Wildman–Crippen LogP) is 11.9. The molecular weight excluding hydrogens is 478 g/mol. The average Bonchev–Trinajstić information content (AvgIpc) is 2.93. The maximum atomic E-state index is 6.21. The third kappa shape index (κ3) is 30.7. The minimum absolute atomic E-state index is 0.484. The molecule has 0 radical (unpaired) electrons. The van der Waals surface area contributed by atoms with Gasteiger partial charge in [-0.25, -0.2) is 0 Å². The van der Waals surface area contributed by atoms with Gasteiger partial charge in [0.1, 0.15) is 0 Å². The number of hydrogen-bond donors (Lipinski definition) is 1. The van der Waals surface area contributed by atoms with Gasteiger partial charge in [-0.05, 0) is 26.8 Å². The zero-order valence-corrected chi connectivity index (χ0v) is 27.7. The molecule has 0 unspecified atom stereocenters. The monoisotopic (exact) mass is 554 g/mol. The largest absolute Gasteiger partial charge is 0.349 e. The lowest BCUT2D eigenvalue weighted by molar-refractivity contribution is -0.222. The summed E-state index contributed by atoms with van der Waals surface area (Å²) in [6.45, 7) is 9.08. The van der Waals surface area contributed by atoms with E-state index in [9.17, 15) is 0 Å². The van der Waals surface area contributed by atoms with Crippen molar-refractivity contribution in [1.82, 2.24) is 5.32 Å². The fourth-order valence-electron chi connectivity index (χ4n) is 5.63. The molecule has 0 spiro atoms. The minimum Gasteiger partial charge on any atom is -0.349 e. The Balaban J connectivity index is 3.50. The van der Waals surface area contributed by atoms with Crippen molar-refractivity contribution in [3.8, 4) is 0 Å². The maximum absolute atomic E-state index is 6.21. The van der Waals surface area contributed by atoms with Gasteiger partial charge in [0, 0.05) is 6.54 Å². The van der Waals surface area contributed by atoms with Crippen LogP contribution < -0.4 is 5.32 Å². The molecule has 3 nitrogen and oxygen atoms in total. The summed E-state index contributed by atoms with van der Waals surface area (Å²) in [4.78, 5) is 0. The van der Waals surface area contributed by atoms with E-state index in [1.54, 1.807) is 0 Å². The smallest absolute Gasteiger partial charge is 0.177 e. The van der Waals surface area contributed by atoms with Crippen molar-refractivity contribution in [2.24, 2.45) is 0 Å². The SMILES string of the molecule is CCCCCCCCCCCCCCCCOC(C)(CNC)OCCCCCCCCCCCCCCCC. The van der Waals surface area contributed by atoms with E-state index in [2.05, 4.69) is 26.1 Å². The summed E-state index contributed by atoms with van der Waals surface area (Å²) in [7, 11) is 1.99. The molecule has 3 heteroatoms. The molecule has 0 atom stereocenters. The van der Waals surface area contributed by atoms with Gasteiger partial charge in [-0.15, -0.1) is 0 Å². The van der Waals surface area contributed by atoms with Crippen molar-refractivity contribution in [3.63, 3.8) is 0 Å². The first kappa shape index (κ1) is 38.9.